The number of nitrogens with zero attached hydrogens (tertiary/aromatic N) is 3. The van der Waals surface area contributed by atoms with Gasteiger partial charge in [-0.3, -0.25) is 4.68 Å². The third-order valence-electron chi connectivity index (χ3n) is 3.01. The van der Waals surface area contributed by atoms with Gasteiger partial charge in [-0.25, -0.2) is 9.10 Å². The number of urea groups is 1. The fraction of sp³-hybridized carbons (Fsp3) is 0.231. The summed E-state index contributed by atoms with van der Waals surface area (Å²) in [4.78, 5) is 11.2. The molecule has 2 aromatic rings. The van der Waals surface area contributed by atoms with Crippen LogP contribution in [0.5, 0.6) is 0 Å². The Morgan fingerprint density at radius 3 is 2.55 bits per heavy atom. The van der Waals surface area contributed by atoms with Crippen molar-refractivity contribution in [2.75, 3.05) is 4.31 Å². The van der Waals surface area contributed by atoms with Crippen molar-refractivity contribution in [2.45, 2.75) is 20.4 Å². The highest BCUT2D eigenvalue weighted by molar-refractivity contribution is 7.82. The number of thiol groups is 1. The number of primary amides is 1. The van der Waals surface area contributed by atoms with Crippen molar-refractivity contribution in [1.82, 2.24) is 9.78 Å². The van der Waals surface area contributed by atoms with E-state index in [0.29, 0.717) is 22.9 Å². The molecule has 5 nitrogen and oxygen atoms in total. The molecular weight excluding hydrogens is 296 g/mol. The van der Waals surface area contributed by atoms with Gasteiger partial charge in [-0.05, 0) is 31.5 Å². The van der Waals surface area contributed by atoms with Gasteiger partial charge in [0.05, 0.1) is 17.9 Å². The molecule has 1 aromatic carbocycles. The molecule has 0 unspecified atom stereocenters. The number of aryl methyl sites for hydroxylation is 1. The van der Waals surface area contributed by atoms with Gasteiger partial charge in [0.2, 0.25) is 0 Å². The number of carbonyl (C=O) groups is 1. The lowest BCUT2D eigenvalue weighted by molar-refractivity contribution is 0.257. The maximum atomic E-state index is 11.2. The van der Waals surface area contributed by atoms with Gasteiger partial charge in [0, 0.05) is 5.02 Å². The normalized spacial score (nSPS) is 10.6. The van der Waals surface area contributed by atoms with Gasteiger partial charge < -0.3 is 5.73 Å². The van der Waals surface area contributed by atoms with Crippen LogP contribution in [-0.4, -0.2) is 15.8 Å². The molecule has 2 rings (SSSR count). The Morgan fingerprint density at radius 2 is 2.00 bits per heavy atom. The lowest BCUT2D eigenvalue weighted by Crippen LogP contribution is -2.28. The standard InChI is InChI=1S/C13H15ClN4OS/c1-8-12(18(20)13(15)19)9(2)17(16-8)7-10-3-5-11(14)6-4-10/h3-6,20H,7H2,1-2H3,(H2,15,19). The molecule has 0 aliphatic carbocycles. The molecule has 1 heterocycles. The molecule has 0 bridgehead atoms. The van der Waals surface area contributed by atoms with Crippen LogP contribution in [0.25, 0.3) is 0 Å². The minimum absolute atomic E-state index is 0.588. The van der Waals surface area contributed by atoms with Crippen LogP contribution in [0.3, 0.4) is 0 Å². The molecule has 7 heteroatoms. The van der Waals surface area contributed by atoms with E-state index in [2.05, 4.69) is 17.9 Å². The van der Waals surface area contributed by atoms with E-state index >= 15 is 0 Å². The molecule has 0 radical (unpaired) electrons. The Hall–Kier alpha value is -1.66. The van der Waals surface area contributed by atoms with E-state index in [0.717, 1.165) is 15.6 Å². The van der Waals surface area contributed by atoms with Crippen LogP contribution >= 0.6 is 24.4 Å². The topological polar surface area (TPSA) is 64.2 Å². The second kappa shape index (κ2) is 5.76. The van der Waals surface area contributed by atoms with Crippen LogP contribution in [0.1, 0.15) is 17.0 Å². The summed E-state index contributed by atoms with van der Waals surface area (Å²) in [6, 6.07) is 6.90. The van der Waals surface area contributed by atoms with Gasteiger partial charge in [0.1, 0.15) is 5.69 Å². The van der Waals surface area contributed by atoms with Crippen molar-refractivity contribution < 1.29 is 4.79 Å². The van der Waals surface area contributed by atoms with Gasteiger partial charge in [-0.2, -0.15) is 5.10 Å². The van der Waals surface area contributed by atoms with E-state index in [1.54, 1.807) is 4.68 Å². The molecule has 0 saturated carbocycles. The predicted octanol–water partition coefficient (Wildman–Crippen LogP) is 2.93. The van der Waals surface area contributed by atoms with Crippen molar-refractivity contribution in [3.8, 4) is 0 Å². The number of hydrogen-bond donors (Lipinski definition) is 2. The highest BCUT2D eigenvalue weighted by Gasteiger charge is 2.19. The Balaban J connectivity index is 2.32. The number of benzene rings is 1. The summed E-state index contributed by atoms with van der Waals surface area (Å²) >= 11 is 9.96. The lowest BCUT2D eigenvalue weighted by atomic mass is 10.2. The molecule has 2 amide bonds. The predicted molar refractivity (Wildman–Crippen MR) is 83.3 cm³/mol. The first kappa shape index (κ1) is 14.7. The van der Waals surface area contributed by atoms with E-state index in [4.69, 9.17) is 17.3 Å². The van der Waals surface area contributed by atoms with Crippen molar-refractivity contribution in [1.29, 1.82) is 0 Å². The zero-order valence-electron chi connectivity index (χ0n) is 11.2. The maximum absolute atomic E-state index is 11.2. The summed E-state index contributed by atoms with van der Waals surface area (Å²) in [6.45, 7) is 4.27. The molecule has 1 aromatic heterocycles. The molecular formula is C13H15ClN4OS. The Bertz CT molecular complexity index is 639. The van der Waals surface area contributed by atoms with Gasteiger partial charge in [-0.1, -0.05) is 36.5 Å². The van der Waals surface area contributed by atoms with Crippen molar-refractivity contribution in [3.05, 3.63) is 46.2 Å². The van der Waals surface area contributed by atoms with Crippen LogP contribution in [0.15, 0.2) is 24.3 Å². The summed E-state index contributed by atoms with van der Waals surface area (Å²) in [5.41, 5.74) is 8.45. The third kappa shape index (κ3) is 2.91. The number of nitrogens with two attached hydrogens (primary N) is 1. The molecule has 2 N–H and O–H groups in total. The fourth-order valence-corrected chi connectivity index (χ4v) is 2.44. The van der Waals surface area contributed by atoms with Gasteiger partial charge in [0.25, 0.3) is 0 Å². The van der Waals surface area contributed by atoms with E-state index in [1.807, 2.05) is 38.1 Å². The SMILES string of the molecule is Cc1nn(Cc2ccc(Cl)cc2)c(C)c1N(S)C(N)=O. The largest absolute Gasteiger partial charge is 0.350 e. The quantitative estimate of drug-likeness (QED) is 0.856. The lowest BCUT2D eigenvalue weighted by Gasteiger charge is -2.13. The molecule has 0 aliphatic heterocycles. The summed E-state index contributed by atoms with van der Waals surface area (Å²) in [5, 5.41) is 5.11. The van der Waals surface area contributed by atoms with Crippen LogP contribution in [0.2, 0.25) is 5.02 Å². The molecule has 20 heavy (non-hydrogen) atoms. The Morgan fingerprint density at radius 1 is 1.40 bits per heavy atom. The highest BCUT2D eigenvalue weighted by atomic mass is 35.5. The number of anilines is 1. The smallest absolute Gasteiger partial charge is 0.329 e. The first-order valence-electron chi connectivity index (χ1n) is 5.97. The van der Waals surface area contributed by atoms with Crippen LogP contribution in [0, 0.1) is 13.8 Å². The van der Waals surface area contributed by atoms with Gasteiger partial charge >= 0.3 is 6.03 Å². The zero-order chi connectivity index (χ0) is 14.9. The number of halogens is 1. The second-order valence-electron chi connectivity index (χ2n) is 4.45. The molecule has 106 valence electrons. The van der Waals surface area contributed by atoms with Crippen molar-refractivity contribution in [3.63, 3.8) is 0 Å². The number of aromatic nitrogens is 2. The highest BCUT2D eigenvalue weighted by Crippen LogP contribution is 2.26. The average molecular weight is 311 g/mol. The number of carbonyl (C=O) groups excluding carboxylic acids is 1. The summed E-state index contributed by atoms with van der Waals surface area (Å²) in [5.74, 6) is 0. The fourth-order valence-electron chi connectivity index (χ4n) is 2.02. The summed E-state index contributed by atoms with van der Waals surface area (Å²) in [6.07, 6.45) is 0. The van der Waals surface area contributed by atoms with Crippen LogP contribution in [0.4, 0.5) is 10.5 Å². The average Bonchev–Trinajstić information content (AvgIpc) is 2.66. The summed E-state index contributed by atoms with van der Waals surface area (Å²) in [7, 11) is 0. The van der Waals surface area contributed by atoms with E-state index in [-0.39, 0.29) is 0 Å². The molecule has 0 atom stereocenters. The molecule has 0 fully saturated rings. The third-order valence-corrected chi connectivity index (χ3v) is 3.66. The number of hydrogen-bond acceptors (Lipinski definition) is 3. The first-order chi connectivity index (χ1) is 9.40. The molecule has 0 saturated heterocycles. The van der Waals surface area contributed by atoms with Gasteiger partial charge in [-0.15, -0.1) is 0 Å². The Kier molecular flexibility index (Phi) is 4.25. The van der Waals surface area contributed by atoms with E-state index in [9.17, 15) is 4.79 Å². The zero-order valence-corrected chi connectivity index (χ0v) is 12.8. The molecule has 0 aliphatic rings. The van der Waals surface area contributed by atoms with Crippen molar-refractivity contribution in [2.24, 2.45) is 5.73 Å². The molecule has 0 spiro atoms. The minimum atomic E-state index is -0.634. The number of rotatable bonds is 3. The number of amides is 2. The first-order valence-corrected chi connectivity index (χ1v) is 6.75. The van der Waals surface area contributed by atoms with Crippen LogP contribution in [-0.2, 0) is 6.54 Å². The maximum Gasteiger partial charge on any atom is 0.329 e. The second-order valence-corrected chi connectivity index (χ2v) is 5.29. The van der Waals surface area contributed by atoms with Crippen LogP contribution < -0.4 is 10.0 Å². The van der Waals surface area contributed by atoms with E-state index < -0.39 is 6.03 Å². The Labute approximate surface area is 127 Å². The summed E-state index contributed by atoms with van der Waals surface area (Å²) < 4.78 is 2.91. The van der Waals surface area contributed by atoms with Gasteiger partial charge in [0.15, 0.2) is 0 Å². The van der Waals surface area contributed by atoms with E-state index in [1.165, 1.54) is 0 Å². The van der Waals surface area contributed by atoms with Crippen molar-refractivity contribution >= 4 is 36.1 Å². The monoisotopic (exact) mass is 310 g/mol. The minimum Gasteiger partial charge on any atom is -0.350 e.